The van der Waals surface area contributed by atoms with Gasteiger partial charge in [0.05, 0.1) is 12.6 Å². The molecular weight excluding hydrogens is 232 g/mol. The molecule has 94 valence electrons. The molecule has 1 unspecified atom stereocenters. The van der Waals surface area contributed by atoms with Gasteiger partial charge in [0.25, 0.3) is 0 Å². The van der Waals surface area contributed by atoms with Crippen molar-refractivity contribution < 1.29 is 4.58 Å². The maximum atomic E-state index is 4.62. The standard InChI is InChI=1S/C17H17N2/c1-13-8-6-7-11-15(13)17-18-12-16(19(17)2)14-9-4-3-5-10-14/h3-12,16H,1-2H3/q+1. The van der Waals surface area contributed by atoms with Crippen LogP contribution in [0.15, 0.2) is 59.6 Å². The molecule has 0 amide bonds. The van der Waals surface area contributed by atoms with E-state index < -0.39 is 0 Å². The molecule has 0 fully saturated rings. The summed E-state index contributed by atoms with van der Waals surface area (Å²) in [4.78, 5) is 4.62. The molecular formula is C17H17N2+. The average molecular weight is 249 g/mol. The maximum absolute atomic E-state index is 4.62. The summed E-state index contributed by atoms with van der Waals surface area (Å²) < 4.78 is 2.23. The van der Waals surface area contributed by atoms with Gasteiger partial charge in [-0.05, 0) is 23.5 Å². The quantitative estimate of drug-likeness (QED) is 0.726. The Morgan fingerprint density at radius 1 is 0.947 bits per heavy atom. The van der Waals surface area contributed by atoms with Crippen LogP contribution < -0.4 is 0 Å². The van der Waals surface area contributed by atoms with Gasteiger partial charge in [-0.1, -0.05) is 48.5 Å². The zero-order valence-corrected chi connectivity index (χ0v) is 11.2. The fourth-order valence-corrected chi connectivity index (χ4v) is 2.51. The van der Waals surface area contributed by atoms with E-state index in [2.05, 4.69) is 72.1 Å². The molecule has 0 saturated heterocycles. The lowest BCUT2D eigenvalue weighted by atomic mass is 10.1. The van der Waals surface area contributed by atoms with E-state index in [-0.39, 0.29) is 6.04 Å². The van der Waals surface area contributed by atoms with E-state index in [0.29, 0.717) is 0 Å². The first-order valence-corrected chi connectivity index (χ1v) is 6.52. The Morgan fingerprint density at radius 3 is 2.37 bits per heavy atom. The summed E-state index contributed by atoms with van der Waals surface area (Å²) >= 11 is 0. The lowest BCUT2D eigenvalue weighted by molar-refractivity contribution is -0.520. The predicted molar refractivity (Wildman–Crippen MR) is 79.1 cm³/mol. The van der Waals surface area contributed by atoms with Crippen molar-refractivity contribution in [1.29, 1.82) is 0 Å². The Hall–Kier alpha value is -2.22. The highest BCUT2D eigenvalue weighted by Gasteiger charge is 2.29. The van der Waals surface area contributed by atoms with E-state index >= 15 is 0 Å². The van der Waals surface area contributed by atoms with Crippen LogP contribution in [-0.2, 0) is 0 Å². The molecule has 0 saturated carbocycles. The zero-order chi connectivity index (χ0) is 13.2. The number of amidine groups is 1. The normalized spacial score (nSPS) is 18.1. The molecule has 0 bridgehead atoms. The van der Waals surface area contributed by atoms with Gasteiger partial charge >= 0.3 is 5.84 Å². The van der Waals surface area contributed by atoms with Gasteiger partial charge in [-0.2, -0.15) is 0 Å². The number of hydrogen-bond donors (Lipinski definition) is 0. The molecule has 1 heterocycles. The van der Waals surface area contributed by atoms with Gasteiger partial charge in [0.2, 0.25) is 0 Å². The molecule has 0 aliphatic carbocycles. The molecule has 0 radical (unpaired) electrons. The summed E-state index contributed by atoms with van der Waals surface area (Å²) in [5, 5.41) is 0. The molecule has 0 aromatic heterocycles. The lowest BCUT2D eigenvalue weighted by Gasteiger charge is -2.08. The van der Waals surface area contributed by atoms with Crippen molar-refractivity contribution >= 4 is 12.1 Å². The molecule has 2 aromatic carbocycles. The van der Waals surface area contributed by atoms with Gasteiger partial charge in [0.15, 0.2) is 12.3 Å². The SMILES string of the molecule is Cc1ccccc1C1=[N+](C)C(c2ccccc2)C=N1. The molecule has 1 atom stereocenters. The van der Waals surface area contributed by atoms with Gasteiger partial charge < -0.3 is 0 Å². The van der Waals surface area contributed by atoms with E-state index in [1.54, 1.807) is 0 Å². The highest BCUT2D eigenvalue weighted by atomic mass is 15.1. The van der Waals surface area contributed by atoms with Crippen LogP contribution in [0.4, 0.5) is 0 Å². The molecule has 19 heavy (non-hydrogen) atoms. The summed E-state index contributed by atoms with van der Waals surface area (Å²) in [5.74, 6) is 1.05. The number of benzene rings is 2. The highest BCUT2D eigenvalue weighted by molar-refractivity contribution is 6.03. The van der Waals surface area contributed by atoms with Crippen molar-refractivity contribution in [2.45, 2.75) is 13.0 Å². The van der Waals surface area contributed by atoms with Crippen LogP contribution in [0.25, 0.3) is 0 Å². The molecule has 2 nitrogen and oxygen atoms in total. The van der Waals surface area contributed by atoms with Crippen molar-refractivity contribution in [3.63, 3.8) is 0 Å². The molecule has 0 spiro atoms. The molecule has 3 rings (SSSR count). The third kappa shape index (κ3) is 2.10. The zero-order valence-electron chi connectivity index (χ0n) is 11.2. The van der Waals surface area contributed by atoms with Gasteiger partial charge in [-0.3, -0.25) is 0 Å². The van der Waals surface area contributed by atoms with E-state index in [1.165, 1.54) is 16.7 Å². The minimum Gasteiger partial charge on any atom is -0.246 e. The maximum Gasteiger partial charge on any atom is 0.326 e. The van der Waals surface area contributed by atoms with E-state index in [0.717, 1.165) is 5.84 Å². The summed E-state index contributed by atoms with van der Waals surface area (Å²) in [6.07, 6.45) is 2.02. The Kier molecular flexibility index (Phi) is 3.00. The summed E-state index contributed by atoms with van der Waals surface area (Å²) in [7, 11) is 2.10. The largest absolute Gasteiger partial charge is 0.326 e. The third-order valence-corrected chi connectivity index (χ3v) is 3.62. The molecule has 1 aliphatic rings. The Labute approximate surface area is 113 Å². The fourth-order valence-electron chi connectivity index (χ4n) is 2.51. The van der Waals surface area contributed by atoms with E-state index in [1.807, 2.05) is 12.3 Å². The second-order valence-electron chi connectivity index (χ2n) is 4.88. The third-order valence-electron chi connectivity index (χ3n) is 3.62. The molecule has 2 aromatic rings. The monoisotopic (exact) mass is 249 g/mol. The number of aliphatic imine (C=N–C) groups is 1. The first-order chi connectivity index (χ1) is 9.27. The van der Waals surface area contributed by atoms with Crippen molar-refractivity contribution in [2.24, 2.45) is 4.99 Å². The summed E-state index contributed by atoms with van der Waals surface area (Å²) in [6, 6.07) is 19.1. The second-order valence-corrected chi connectivity index (χ2v) is 4.88. The van der Waals surface area contributed by atoms with Gasteiger partial charge in [-0.25, -0.2) is 4.58 Å². The van der Waals surface area contributed by atoms with Crippen LogP contribution in [0.3, 0.4) is 0 Å². The number of rotatable bonds is 2. The Morgan fingerprint density at radius 2 is 1.63 bits per heavy atom. The number of nitrogens with zero attached hydrogens (tertiary/aromatic N) is 2. The lowest BCUT2D eigenvalue weighted by Crippen LogP contribution is -2.17. The van der Waals surface area contributed by atoms with Crippen molar-refractivity contribution in [3.8, 4) is 0 Å². The van der Waals surface area contributed by atoms with Crippen LogP contribution in [0, 0.1) is 6.92 Å². The average Bonchev–Trinajstić information content (AvgIpc) is 2.82. The summed E-state index contributed by atoms with van der Waals surface area (Å²) in [5.41, 5.74) is 3.74. The number of hydrogen-bond acceptors (Lipinski definition) is 1. The topological polar surface area (TPSA) is 15.4 Å². The van der Waals surface area contributed by atoms with Gasteiger partial charge in [0, 0.05) is 5.56 Å². The fraction of sp³-hybridized carbons (Fsp3) is 0.176. The minimum atomic E-state index is 0.232. The van der Waals surface area contributed by atoms with Crippen molar-refractivity contribution in [2.75, 3.05) is 7.05 Å². The van der Waals surface area contributed by atoms with Gasteiger partial charge in [-0.15, -0.1) is 0 Å². The van der Waals surface area contributed by atoms with Crippen molar-refractivity contribution in [3.05, 3.63) is 71.3 Å². The van der Waals surface area contributed by atoms with Crippen LogP contribution in [-0.4, -0.2) is 23.7 Å². The predicted octanol–water partition coefficient (Wildman–Crippen LogP) is 3.21. The minimum absolute atomic E-state index is 0.232. The second kappa shape index (κ2) is 4.81. The van der Waals surface area contributed by atoms with E-state index in [4.69, 9.17) is 0 Å². The van der Waals surface area contributed by atoms with Crippen LogP contribution in [0.5, 0.6) is 0 Å². The first-order valence-electron chi connectivity index (χ1n) is 6.52. The van der Waals surface area contributed by atoms with E-state index in [9.17, 15) is 0 Å². The molecule has 0 N–H and O–H groups in total. The molecule has 2 heteroatoms. The first kappa shape index (κ1) is 11.8. The number of aryl methyl sites for hydroxylation is 1. The van der Waals surface area contributed by atoms with Crippen LogP contribution in [0.2, 0.25) is 0 Å². The Bertz CT molecular complexity index is 654. The Balaban J connectivity index is 2.04. The van der Waals surface area contributed by atoms with Gasteiger partial charge in [0.1, 0.15) is 0 Å². The van der Waals surface area contributed by atoms with Crippen LogP contribution >= 0.6 is 0 Å². The highest BCUT2D eigenvalue weighted by Crippen LogP contribution is 2.21. The summed E-state index contributed by atoms with van der Waals surface area (Å²) in [6.45, 7) is 2.13. The van der Waals surface area contributed by atoms with Crippen molar-refractivity contribution in [1.82, 2.24) is 0 Å². The smallest absolute Gasteiger partial charge is 0.246 e. The van der Waals surface area contributed by atoms with Crippen LogP contribution in [0.1, 0.15) is 22.7 Å². The molecule has 1 aliphatic heterocycles.